The van der Waals surface area contributed by atoms with E-state index in [4.69, 9.17) is 25.8 Å². The molecule has 0 unspecified atom stereocenters. The van der Waals surface area contributed by atoms with Gasteiger partial charge in [-0.15, -0.1) is 0 Å². The van der Waals surface area contributed by atoms with Gasteiger partial charge in [-0.1, -0.05) is 25.4 Å². The monoisotopic (exact) mass is 385 g/mol. The predicted octanol–water partition coefficient (Wildman–Crippen LogP) is 3.48. The second-order valence-corrected chi connectivity index (χ2v) is 6.60. The Kier molecular flexibility index (Phi) is 10.9. The van der Waals surface area contributed by atoms with Crippen molar-refractivity contribution < 1.29 is 14.2 Å². The van der Waals surface area contributed by atoms with Crippen molar-refractivity contribution in [3.63, 3.8) is 0 Å². The van der Waals surface area contributed by atoms with Crippen LogP contribution in [-0.2, 0) is 11.3 Å². The van der Waals surface area contributed by atoms with E-state index in [9.17, 15) is 0 Å². The van der Waals surface area contributed by atoms with Crippen LogP contribution in [0.25, 0.3) is 0 Å². The highest BCUT2D eigenvalue weighted by Gasteiger charge is 2.11. The molecule has 0 aliphatic heterocycles. The van der Waals surface area contributed by atoms with Crippen LogP contribution < -0.4 is 20.1 Å². The Morgan fingerprint density at radius 3 is 2.62 bits per heavy atom. The zero-order valence-electron chi connectivity index (χ0n) is 16.5. The topological polar surface area (TPSA) is 64.1 Å². The Labute approximate surface area is 162 Å². The minimum atomic E-state index is 0.531. The van der Waals surface area contributed by atoms with Crippen molar-refractivity contribution in [2.45, 2.75) is 33.7 Å². The molecule has 7 heteroatoms. The SMILES string of the molecule is CCOc1c(Cl)cc(CNC(=NC)NCCOCCC(C)C)cc1OC. The molecule has 0 aromatic heterocycles. The van der Waals surface area contributed by atoms with Gasteiger partial charge in [-0.3, -0.25) is 4.99 Å². The first-order valence-electron chi connectivity index (χ1n) is 9.03. The Morgan fingerprint density at radius 1 is 1.23 bits per heavy atom. The lowest BCUT2D eigenvalue weighted by Gasteiger charge is -2.15. The Hall–Kier alpha value is -1.66. The van der Waals surface area contributed by atoms with Gasteiger partial charge < -0.3 is 24.8 Å². The Bertz CT molecular complexity index is 565. The highest BCUT2D eigenvalue weighted by Crippen LogP contribution is 2.36. The summed E-state index contributed by atoms with van der Waals surface area (Å²) >= 11 is 6.30. The van der Waals surface area contributed by atoms with Crippen molar-refractivity contribution in [3.8, 4) is 11.5 Å². The van der Waals surface area contributed by atoms with E-state index in [0.717, 1.165) is 18.6 Å². The van der Waals surface area contributed by atoms with Crippen LogP contribution in [0.1, 0.15) is 32.8 Å². The Balaban J connectivity index is 2.47. The lowest BCUT2D eigenvalue weighted by Crippen LogP contribution is -2.38. The molecule has 0 aliphatic carbocycles. The minimum Gasteiger partial charge on any atom is -0.493 e. The summed E-state index contributed by atoms with van der Waals surface area (Å²) in [6.45, 7) is 9.52. The Morgan fingerprint density at radius 2 is 2.00 bits per heavy atom. The number of methoxy groups -OCH3 is 1. The average Bonchev–Trinajstić information content (AvgIpc) is 2.62. The van der Waals surface area contributed by atoms with Gasteiger partial charge in [0.15, 0.2) is 17.5 Å². The van der Waals surface area contributed by atoms with Crippen molar-refractivity contribution in [1.29, 1.82) is 0 Å². The highest BCUT2D eigenvalue weighted by molar-refractivity contribution is 6.32. The predicted molar refractivity (Wildman–Crippen MR) is 108 cm³/mol. The highest BCUT2D eigenvalue weighted by atomic mass is 35.5. The fourth-order valence-electron chi connectivity index (χ4n) is 2.23. The molecule has 0 fully saturated rings. The first-order valence-corrected chi connectivity index (χ1v) is 9.41. The number of guanidine groups is 1. The van der Waals surface area contributed by atoms with E-state index in [2.05, 4.69) is 29.5 Å². The third kappa shape index (κ3) is 8.15. The van der Waals surface area contributed by atoms with Crippen LogP contribution in [0.2, 0.25) is 5.02 Å². The number of nitrogens with zero attached hydrogens (tertiary/aromatic N) is 1. The van der Waals surface area contributed by atoms with Crippen LogP contribution >= 0.6 is 11.6 Å². The van der Waals surface area contributed by atoms with Gasteiger partial charge in [0.25, 0.3) is 0 Å². The first kappa shape index (κ1) is 22.4. The molecule has 1 aromatic rings. The van der Waals surface area contributed by atoms with E-state index >= 15 is 0 Å². The molecule has 6 nitrogen and oxygen atoms in total. The van der Waals surface area contributed by atoms with E-state index in [0.29, 0.717) is 54.7 Å². The minimum absolute atomic E-state index is 0.531. The molecule has 0 aliphatic rings. The van der Waals surface area contributed by atoms with Gasteiger partial charge in [0.05, 0.1) is 25.3 Å². The number of hydrogen-bond donors (Lipinski definition) is 2. The number of hydrogen-bond acceptors (Lipinski definition) is 4. The van der Waals surface area contributed by atoms with E-state index in [1.807, 2.05) is 19.1 Å². The maximum Gasteiger partial charge on any atom is 0.191 e. The van der Waals surface area contributed by atoms with Gasteiger partial charge in [-0.2, -0.15) is 0 Å². The molecule has 2 N–H and O–H groups in total. The molecule has 0 bridgehead atoms. The molecule has 26 heavy (non-hydrogen) atoms. The number of benzene rings is 1. The summed E-state index contributed by atoms with van der Waals surface area (Å²) in [6, 6.07) is 3.77. The summed E-state index contributed by atoms with van der Waals surface area (Å²) in [4.78, 5) is 4.21. The van der Waals surface area contributed by atoms with Crippen LogP contribution in [0, 0.1) is 5.92 Å². The summed E-state index contributed by atoms with van der Waals surface area (Å²) in [5.74, 6) is 2.57. The summed E-state index contributed by atoms with van der Waals surface area (Å²) in [7, 11) is 3.34. The number of aliphatic imine (C=N–C) groups is 1. The number of rotatable bonds is 11. The zero-order valence-corrected chi connectivity index (χ0v) is 17.3. The van der Waals surface area contributed by atoms with E-state index in [1.165, 1.54) is 0 Å². The van der Waals surface area contributed by atoms with Crippen molar-refractivity contribution in [1.82, 2.24) is 10.6 Å². The second-order valence-electron chi connectivity index (χ2n) is 6.19. The van der Waals surface area contributed by atoms with Gasteiger partial charge in [0.2, 0.25) is 0 Å². The molecule has 0 saturated carbocycles. The lowest BCUT2D eigenvalue weighted by atomic mass is 10.1. The zero-order chi connectivity index (χ0) is 19.4. The summed E-state index contributed by atoms with van der Waals surface area (Å²) in [5, 5.41) is 7.01. The molecule has 0 spiro atoms. The van der Waals surface area contributed by atoms with Crippen LogP contribution in [0.15, 0.2) is 17.1 Å². The first-order chi connectivity index (χ1) is 12.5. The van der Waals surface area contributed by atoms with Crippen LogP contribution in [0.5, 0.6) is 11.5 Å². The second kappa shape index (κ2) is 12.7. The lowest BCUT2D eigenvalue weighted by molar-refractivity contribution is 0.128. The van der Waals surface area contributed by atoms with Gasteiger partial charge in [0, 0.05) is 26.7 Å². The normalized spacial score (nSPS) is 11.6. The summed E-state index contributed by atoms with van der Waals surface area (Å²) in [6.07, 6.45) is 1.08. The molecule has 0 amide bonds. The van der Waals surface area contributed by atoms with Crippen molar-refractivity contribution in [2.75, 3.05) is 40.5 Å². The smallest absolute Gasteiger partial charge is 0.191 e. The van der Waals surface area contributed by atoms with Crippen LogP contribution in [0.4, 0.5) is 0 Å². The van der Waals surface area contributed by atoms with Crippen LogP contribution in [-0.4, -0.2) is 46.5 Å². The van der Waals surface area contributed by atoms with Gasteiger partial charge >= 0.3 is 0 Å². The van der Waals surface area contributed by atoms with Crippen molar-refractivity contribution in [2.24, 2.45) is 10.9 Å². The fourth-order valence-corrected chi connectivity index (χ4v) is 2.52. The maximum atomic E-state index is 6.30. The third-order valence-electron chi connectivity index (χ3n) is 3.64. The number of nitrogens with one attached hydrogen (secondary N) is 2. The summed E-state index contributed by atoms with van der Waals surface area (Å²) < 4.78 is 16.5. The fraction of sp³-hybridized carbons (Fsp3) is 0.632. The number of halogens is 1. The van der Waals surface area contributed by atoms with Crippen molar-refractivity contribution >= 4 is 17.6 Å². The van der Waals surface area contributed by atoms with Gasteiger partial charge in [0.1, 0.15) is 0 Å². The van der Waals surface area contributed by atoms with Gasteiger partial charge in [-0.05, 0) is 37.0 Å². The molecule has 148 valence electrons. The van der Waals surface area contributed by atoms with Crippen LogP contribution in [0.3, 0.4) is 0 Å². The van der Waals surface area contributed by atoms with E-state index in [1.54, 1.807) is 14.2 Å². The summed E-state index contributed by atoms with van der Waals surface area (Å²) in [5.41, 5.74) is 0.978. The molecule has 0 radical (unpaired) electrons. The van der Waals surface area contributed by atoms with E-state index < -0.39 is 0 Å². The van der Waals surface area contributed by atoms with E-state index in [-0.39, 0.29) is 0 Å². The largest absolute Gasteiger partial charge is 0.493 e. The maximum absolute atomic E-state index is 6.30. The quantitative estimate of drug-likeness (QED) is 0.347. The molecule has 0 heterocycles. The van der Waals surface area contributed by atoms with Crippen molar-refractivity contribution in [3.05, 3.63) is 22.7 Å². The molecular weight excluding hydrogens is 354 g/mol. The standard InChI is InChI=1S/C19H32ClN3O3/c1-6-26-18-16(20)11-15(12-17(18)24-5)13-23-19(21-4)22-8-10-25-9-7-14(2)3/h11-12,14H,6-10,13H2,1-5H3,(H2,21,22,23). The molecule has 1 aromatic carbocycles. The number of ether oxygens (including phenoxy) is 3. The molecule has 1 rings (SSSR count). The van der Waals surface area contributed by atoms with Gasteiger partial charge in [-0.25, -0.2) is 0 Å². The molecular formula is C19H32ClN3O3. The molecule has 0 atom stereocenters. The average molecular weight is 386 g/mol. The third-order valence-corrected chi connectivity index (χ3v) is 3.92. The molecule has 0 saturated heterocycles.